The number of rotatable bonds is 2. The van der Waals surface area contributed by atoms with E-state index in [2.05, 4.69) is 21.6 Å². The molecule has 0 spiro atoms. The Kier molecular flexibility index (Phi) is 2.68. The van der Waals surface area contributed by atoms with Gasteiger partial charge in [0.05, 0.1) is 22.1 Å². The molecular weight excluding hydrogens is 231 g/mol. The second kappa shape index (κ2) is 3.72. The maximum Gasteiger partial charge on any atom is 0.130 e. The van der Waals surface area contributed by atoms with Crippen LogP contribution in [0.3, 0.4) is 0 Å². The molecule has 0 fully saturated rings. The number of aromatic nitrogens is 2. The molecule has 2 rings (SSSR count). The van der Waals surface area contributed by atoms with Crippen LogP contribution in [-0.4, -0.2) is 9.97 Å². The van der Waals surface area contributed by atoms with Crippen molar-refractivity contribution in [1.29, 1.82) is 0 Å². The van der Waals surface area contributed by atoms with Crippen molar-refractivity contribution in [1.82, 2.24) is 9.97 Å². The third-order valence-electron chi connectivity index (χ3n) is 2.37. The smallest absolute Gasteiger partial charge is 0.130 e. The van der Waals surface area contributed by atoms with Crippen LogP contribution in [0.15, 0.2) is 18.5 Å². The van der Waals surface area contributed by atoms with Crippen molar-refractivity contribution in [3.8, 4) is 0 Å². The number of hydrogen-bond donors (Lipinski definition) is 2. The SMILES string of the molecule is CC(C)(SS)c1c(F)ccc2[nH]cnc12. The Bertz CT molecular complexity index is 493. The molecule has 2 aromatic rings. The summed E-state index contributed by atoms with van der Waals surface area (Å²) >= 11 is 4.18. The molecule has 0 saturated heterocycles. The largest absolute Gasteiger partial charge is 0.345 e. The highest BCUT2D eigenvalue weighted by Gasteiger charge is 2.27. The van der Waals surface area contributed by atoms with Crippen molar-refractivity contribution in [3.63, 3.8) is 0 Å². The lowest BCUT2D eigenvalue weighted by Crippen LogP contribution is -2.13. The molecule has 1 N–H and O–H groups in total. The van der Waals surface area contributed by atoms with Crippen LogP contribution in [0.5, 0.6) is 0 Å². The monoisotopic (exact) mass is 242 g/mol. The number of nitrogens with zero attached hydrogens (tertiary/aromatic N) is 1. The molecule has 1 heterocycles. The summed E-state index contributed by atoms with van der Waals surface area (Å²) in [5.41, 5.74) is 2.13. The highest BCUT2D eigenvalue weighted by molar-refractivity contribution is 8.69. The minimum absolute atomic E-state index is 0.235. The highest BCUT2D eigenvalue weighted by Crippen LogP contribution is 2.41. The van der Waals surface area contributed by atoms with Gasteiger partial charge in [-0.25, -0.2) is 9.37 Å². The number of imidazole rings is 1. The summed E-state index contributed by atoms with van der Waals surface area (Å²) in [4.78, 5) is 7.12. The number of hydrogen-bond acceptors (Lipinski definition) is 3. The van der Waals surface area contributed by atoms with Gasteiger partial charge in [-0.15, -0.1) is 11.7 Å². The number of nitrogens with one attached hydrogen (secondary N) is 1. The van der Waals surface area contributed by atoms with E-state index < -0.39 is 4.75 Å². The number of H-pyrrole nitrogens is 1. The van der Waals surface area contributed by atoms with Crippen LogP contribution in [-0.2, 0) is 4.75 Å². The van der Waals surface area contributed by atoms with E-state index in [0.717, 1.165) is 5.52 Å². The van der Waals surface area contributed by atoms with E-state index in [9.17, 15) is 4.39 Å². The first-order valence-electron chi connectivity index (χ1n) is 4.51. The molecule has 0 saturated carbocycles. The Hall–Kier alpha value is -0.680. The zero-order chi connectivity index (χ0) is 11.1. The number of halogens is 1. The summed E-state index contributed by atoms with van der Waals surface area (Å²) in [5.74, 6) is -0.235. The van der Waals surface area contributed by atoms with Gasteiger partial charge in [-0.3, -0.25) is 0 Å². The molecular formula is C10H11FN2S2. The first kappa shape index (κ1) is 10.8. The van der Waals surface area contributed by atoms with E-state index in [4.69, 9.17) is 0 Å². The molecule has 0 aliphatic rings. The van der Waals surface area contributed by atoms with Gasteiger partial charge in [0.15, 0.2) is 0 Å². The van der Waals surface area contributed by atoms with Crippen molar-refractivity contribution in [2.75, 3.05) is 0 Å². The van der Waals surface area contributed by atoms with Gasteiger partial charge in [-0.1, -0.05) is 10.8 Å². The average Bonchev–Trinajstić information content (AvgIpc) is 2.64. The van der Waals surface area contributed by atoms with Crippen molar-refractivity contribution >= 4 is 33.5 Å². The summed E-state index contributed by atoms with van der Waals surface area (Å²) < 4.78 is 13.4. The number of fused-ring (bicyclic) bond motifs is 1. The number of benzene rings is 1. The second-order valence-electron chi connectivity index (χ2n) is 3.82. The van der Waals surface area contributed by atoms with Crippen molar-refractivity contribution in [2.45, 2.75) is 18.6 Å². The Morgan fingerprint density at radius 2 is 2.20 bits per heavy atom. The zero-order valence-corrected chi connectivity index (χ0v) is 10.1. The predicted molar refractivity (Wildman–Crippen MR) is 65.7 cm³/mol. The van der Waals surface area contributed by atoms with Crippen molar-refractivity contribution in [3.05, 3.63) is 29.8 Å². The third-order valence-corrected chi connectivity index (χ3v) is 4.40. The average molecular weight is 242 g/mol. The lowest BCUT2D eigenvalue weighted by molar-refractivity contribution is 0.591. The molecule has 0 atom stereocenters. The molecule has 0 aliphatic heterocycles. The van der Waals surface area contributed by atoms with Gasteiger partial charge in [0.1, 0.15) is 5.82 Å². The fourth-order valence-corrected chi connectivity index (χ4v) is 2.16. The third kappa shape index (κ3) is 1.74. The molecule has 5 heteroatoms. The second-order valence-corrected chi connectivity index (χ2v) is 5.57. The molecule has 2 nitrogen and oxygen atoms in total. The molecule has 15 heavy (non-hydrogen) atoms. The van der Waals surface area contributed by atoms with Gasteiger partial charge in [-0.2, -0.15) is 0 Å². The Balaban J connectivity index is 2.77. The summed E-state index contributed by atoms with van der Waals surface area (Å²) in [6.45, 7) is 3.86. The van der Waals surface area contributed by atoms with E-state index in [1.165, 1.54) is 16.9 Å². The fourth-order valence-electron chi connectivity index (χ4n) is 1.60. The quantitative estimate of drug-likeness (QED) is 0.623. The molecule has 80 valence electrons. The van der Waals surface area contributed by atoms with Gasteiger partial charge < -0.3 is 4.98 Å². The van der Waals surface area contributed by atoms with Gasteiger partial charge in [0, 0.05) is 5.56 Å². The highest BCUT2D eigenvalue weighted by atomic mass is 33.1. The minimum Gasteiger partial charge on any atom is -0.345 e. The summed E-state index contributed by atoms with van der Waals surface area (Å²) in [5, 5.41) is 0. The Labute approximate surface area is 96.5 Å². The van der Waals surface area contributed by atoms with Crippen LogP contribution in [0.25, 0.3) is 11.0 Å². The van der Waals surface area contributed by atoms with Crippen molar-refractivity contribution in [2.24, 2.45) is 0 Å². The zero-order valence-electron chi connectivity index (χ0n) is 8.41. The molecule has 0 amide bonds. The molecule has 0 radical (unpaired) electrons. The fraction of sp³-hybridized carbons (Fsp3) is 0.300. The van der Waals surface area contributed by atoms with E-state index >= 15 is 0 Å². The number of aromatic amines is 1. The van der Waals surface area contributed by atoms with Gasteiger partial charge in [-0.05, 0) is 26.0 Å². The van der Waals surface area contributed by atoms with E-state index in [1.54, 1.807) is 12.4 Å². The first-order valence-corrected chi connectivity index (χ1v) is 6.38. The molecule has 0 bridgehead atoms. The predicted octanol–water partition coefficient (Wildman–Crippen LogP) is 3.52. The lowest BCUT2D eigenvalue weighted by atomic mass is 10.00. The van der Waals surface area contributed by atoms with Crippen molar-refractivity contribution < 1.29 is 4.39 Å². The lowest BCUT2D eigenvalue weighted by Gasteiger charge is -2.22. The molecule has 0 unspecified atom stereocenters. The topological polar surface area (TPSA) is 28.7 Å². The van der Waals surface area contributed by atoms with Crippen LogP contribution in [0, 0.1) is 5.82 Å². The van der Waals surface area contributed by atoms with E-state index in [1.807, 2.05) is 13.8 Å². The molecule has 1 aromatic heterocycles. The van der Waals surface area contributed by atoms with Crippen LogP contribution >= 0.6 is 22.5 Å². The summed E-state index contributed by atoms with van der Waals surface area (Å²) in [6, 6.07) is 3.15. The number of thiol groups is 1. The van der Waals surface area contributed by atoms with E-state index in [-0.39, 0.29) is 5.82 Å². The summed E-state index contributed by atoms with van der Waals surface area (Å²) in [6.07, 6.45) is 1.58. The van der Waals surface area contributed by atoms with Gasteiger partial charge >= 0.3 is 0 Å². The Morgan fingerprint density at radius 1 is 1.47 bits per heavy atom. The van der Waals surface area contributed by atoms with E-state index in [0.29, 0.717) is 11.1 Å². The maximum atomic E-state index is 13.8. The first-order chi connectivity index (χ1) is 7.06. The standard InChI is InChI=1S/C10H11FN2S2/c1-10(2,15-14)8-6(11)3-4-7-9(8)13-5-12-7/h3-5,14H,1-2H3,(H,12,13). The Morgan fingerprint density at radius 3 is 2.87 bits per heavy atom. The summed E-state index contributed by atoms with van der Waals surface area (Å²) in [7, 11) is 1.31. The molecule has 0 aliphatic carbocycles. The maximum absolute atomic E-state index is 13.8. The minimum atomic E-state index is -0.401. The van der Waals surface area contributed by atoms with Crippen LogP contribution in [0.1, 0.15) is 19.4 Å². The van der Waals surface area contributed by atoms with Gasteiger partial charge in [0.25, 0.3) is 0 Å². The van der Waals surface area contributed by atoms with Crippen LogP contribution < -0.4 is 0 Å². The molecule has 1 aromatic carbocycles. The van der Waals surface area contributed by atoms with Crippen LogP contribution in [0.2, 0.25) is 0 Å². The van der Waals surface area contributed by atoms with Gasteiger partial charge in [0.2, 0.25) is 0 Å². The normalized spacial score (nSPS) is 12.3. The van der Waals surface area contributed by atoms with Crippen LogP contribution in [0.4, 0.5) is 4.39 Å².